The molecule has 3 N–H and O–H groups in total. The second-order valence-corrected chi connectivity index (χ2v) is 8.30. The van der Waals surface area contributed by atoms with Crippen LogP contribution in [0.5, 0.6) is 0 Å². The molecule has 0 aliphatic rings. The van der Waals surface area contributed by atoms with Gasteiger partial charge in [-0.25, -0.2) is 4.39 Å². The maximum atomic E-state index is 13.5. The summed E-state index contributed by atoms with van der Waals surface area (Å²) in [5.74, 6) is -1.97. The third-order valence-electron chi connectivity index (χ3n) is 5.27. The third kappa shape index (κ3) is 6.80. The van der Waals surface area contributed by atoms with E-state index in [4.69, 9.17) is 10.1 Å². The normalized spacial score (nSPS) is 14.5. The fourth-order valence-corrected chi connectivity index (χ4v) is 3.36. The van der Waals surface area contributed by atoms with Gasteiger partial charge in [0.25, 0.3) is 0 Å². The summed E-state index contributed by atoms with van der Waals surface area (Å²) in [6, 6.07) is 7.78. The number of carbonyl (C=O) groups is 2. The zero-order chi connectivity index (χ0) is 24.0. The van der Waals surface area contributed by atoms with Crippen LogP contribution in [-0.2, 0) is 9.59 Å². The summed E-state index contributed by atoms with van der Waals surface area (Å²) < 4.78 is 13.5. The number of halogens is 1. The number of hydrogen-bond donors (Lipinski definition) is 3. The fraction of sp³-hybridized carbons (Fsp3) is 0.400. The third-order valence-corrected chi connectivity index (χ3v) is 5.27. The molecule has 0 fully saturated rings. The highest BCUT2D eigenvalue weighted by atomic mass is 19.1. The number of Topliss-reactive ketones (excluding diaryl/α,β-unsaturated/α-hetero) is 1. The number of carboxylic acid groups (broad SMARTS) is 1. The molecular weight excluding hydrogens is 413 g/mol. The Kier molecular flexibility index (Phi) is 8.80. The molecule has 7 heteroatoms. The number of carboxylic acids is 1. The van der Waals surface area contributed by atoms with E-state index < -0.39 is 30.5 Å². The molecule has 172 valence electrons. The number of aliphatic carboxylic acids is 1. The number of carbonyl (C=O) groups excluding carboxylic acids is 1. The summed E-state index contributed by atoms with van der Waals surface area (Å²) in [6.07, 6.45) is 0.337. The van der Waals surface area contributed by atoms with E-state index in [1.54, 1.807) is 31.2 Å². The molecule has 0 radical (unpaired) electrons. The minimum atomic E-state index is -1.18. The highest BCUT2D eigenvalue weighted by molar-refractivity contribution is 5.84. The molecule has 0 amide bonds. The number of aliphatic hydroxyl groups excluding tert-OH is 2. The largest absolute Gasteiger partial charge is 0.481 e. The minimum absolute atomic E-state index is 0.0114. The average molecular weight is 444 g/mol. The van der Waals surface area contributed by atoms with Crippen molar-refractivity contribution >= 4 is 17.8 Å². The van der Waals surface area contributed by atoms with Crippen molar-refractivity contribution in [1.29, 1.82) is 0 Å². The van der Waals surface area contributed by atoms with Crippen LogP contribution in [0.15, 0.2) is 36.4 Å². The van der Waals surface area contributed by atoms with Crippen LogP contribution < -0.4 is 0 Å². The maximum absolute atomic E-state index is 13.5. The molecule has 1 aromatic heterocycles. The first-order valence-electron chi connectivity index (χ1n) is 10.6. The minimum Gasteiger partial charge on any atom is -0.481 e. The number of aliphatic hydroxyl groups is 2. The highest BCUT2D eigenvalue weighted by Gasteiger charge is 2.20. The predicted octanol–water partition coefficient (Wildman–Crippen LogP) is 4.30. The molecule has 6 nitrogen and oxygen atoms in total. The Balaban J connectivity index is 2.56. The van der Waals surface area contributed by atoms with Gasteiger partial charge < -0.3 is 15.3 Å². The quantitative estimate of drug-likeness (QED) is 0.505. The number of nitrogens with zero attached hydrogens (tertiary/aromatic N) is 1. The van der Waals surface area contributed by atoms with Gasteiger partial charge in [-0.05, 0) is 49.1 Å². The standard InChI is InChI=1S/C25H30FNO5/c1-14(2)25-21(10-9-19(29)11-20(30)12-24(31)32)22(17-5-7-18(26)8-6-17)13-23(27-25)15(3)16(4)28/h5-10,13-15,19-20,29-30H,11-12H2,1-4H3,(H,31,32)/b10-9+/t15?,19-,20-/m1/s1. The molecule has 0 aliphatic carbocycles. The van der Waals surface area contributed by atoms with E-state index >= 15 is 0 Å². The smallest absolute Gasteiger partial charge is 0.305 e. The Morgan fingerprint density at radius 1 is 1.12 bits per heavy atom. The van der Waals surface area contributed by atoms with Crippen LogP contribution in [-0.4, -0.2) is 44.3 Å². The molecule has 0 spiro atoms. The van der Waals surface area contributed by atoms with Crippen molar-refractivity contribution in [2.75, 3.05) is 0 Å². The summed E-state index contributed by atoms with van der Waals surface area (Å²) in [7, 11) is 0. The van der Waals surface area contributed by atoms with E-state index in [0.29, 0.717) is 17.0 Å². The first kappa shape index (κ1) is 25.4. The molecule has 0 saturated carbocycles. The van der Waals surface area contributed by atoms with E-state index in [9.17, 15) is 24.2 Å². The van der Waals surface area contributed by atoms with Crippen molar-refractivity contribution in [2.24, 2.45) is 0 Å². The Morgan fingerprint density at radius 3 is 2.28 bits per heavy atom. The molecule has 1 aromatic carbocycles. The van der Waals surface area contributed by atoms with Gasteiger partial charge in [0.05, 0.1) is 35.9 Å². The van der Waals surface area contributed by atoms with Gasteiger partial charge in [0.1, 0.15) is 11.6 Å². The van der Waals surface area contributed by atoms with E-state index in [1.165, 1.54) is 25.1 Å². The van der Waals surface area contributed by atoms with Crippen LogP contribution >= 0.6 is 0 Å². The molecule has 2 aromatic rings. The SMILES string of the molecule is CC(=O)C(C)c1cc(-c2ccc(F)cc2)c(/C=C/[C@@H](O)C[C@@H](O)CC(=O)O)c(C(C)C)n1. The molecule has 0 saturated heterocycles. The van der Waals surface area contributed by atoms with Gasteiger partial charge in [0.2, 0.25) is 0 Å². The van der Waals surface area contributed by atoms with Gasteiger partial charge in [-0.3, -0.25) is 14.6 Å². The van der Waals surface area contributed by atoms with Crippen molar-refractivity contribution in [1.82, 2.24) is 4.98 Å². The van der Waals surface area contributed by atoms with Crippen molar-refractivity contribution < 1.29 is 29.3 Å². The zero-order valence-electron chi connectivity index (χ0n) is 18.7. The summed E-state index contributed by atoms with van der Waals surface area (Å²) >= 11 is 0. The summed E-state index contributed by atoms with van der Waals surface area (Å²) in [5, 5.41) is 28.8. The second kappa shape index (κ2) is 11.1. The Labute approximate surface area is 187 Å². The molecule has 0 aliphatic heterocycles. The van der Waals surface area contributed by atoms with Gasteiger partial charge in [0.15, 0.2) is 0 Å². The highest BCUT2D eigenvalue weighted by Crippen LogP contribution is 2.33. The van der Waals surface area contributed by atoms with Gasteiger partial charge in [-0.2, -0.15) is 0 Å². The molecule has 1 heterocycles. The maximum Gasteiger partial charge on any atom is 0.305 e. The number of aromatic nitrogens is 1. The second-order valence-electron chi connectivity index (χ2n) is 8.30. The van der Waals surface area contributed by atoms with Crippen LogP contribution in [0.1, 0.15) is 69.3 Å². The Bertz CT molecular complexity index is 985. The lowest BCUT2D eigenvalue weighted by atomic mass is 9.90. The van der Waals surface area contributed by atoms with Crippen LogP contribution in [0.3, 0.4) is 0 Å². The number of benzene rings is 1. The predicted molar refractivity (Wildman–Crippen MR) is 121 cm³/mol. The Morgan fingerprint density at radius 2 is 1.75 bits per heavy atom. The number of pyridine rings is 1. The molecular formula is C25H30FNO5. The van der Waals surface area contributed by atoms with Crippen LogP contribution in [0.4, 0.5) is 4.39 Å². The summed E-state index contributed by atoms with van der Waals surface area (Å²) in [5.41, 5.74) is 3.49. The van der Waals surface area contributed by atoms with Crippen molar-refractivity contribution in [3.05, 3.63) is 59.2 Å². The van der Waals surface area contributed by atoms with E-state index in [2.05, 4.69) is 0 Å². The first-order valence-corrected chi connectivity index (χ1v) is 10.6. The molecule has 1 unspecified atom stereocenters. The molecule has 2 rings (SSSR count). The molecule has 3 atom stereocenters. The van der Waals surface area contributed by atoms with E-state index in [0.717, 1.165) is 11.1 Å². The van der Waals surface area contributed by atoms with Gasteiger partial charge >= 0.3 is 5.97 Å². The fourth-order valence-electron chi connectivity index (χ4n) is 3.36. The lowest BCUT2D eigenvalue weighted by molar-refractivity contribution is -0.139. The molecule has 0 bridgehead atoms. The lowest BCUT2D eigenvalue weighted by Gasteiger charge is -2.19. The van der Waals surface area contributed by atoms with Gasteiger partial charge in [0, 0.05) is 12.0 Å². The Hall–Kier alpha value is -2.90. The first-order chi connectivity index (χ1) is 15.0. The van der Waals surface area contributed by atoms with Crippen molar-refractivity contribution in [3.63, 3.8) is 0 Å². The number of hydrogen-bond acceptors (Lipinski definition) is 5. The van der Waals surface area contributed by atoms with E-state index in [1.807, 2.05) is 13.8 Å². The average Bonchev–Trinajstić information content (AvgIpc) is 2.70. The van der Waals surface area contributed by atoms with E-state index in [-0.39, 0.29) is 23.9 Å². The topological polar surface area (TPSA) is 108 Å². The summed E-state index contributed by atoms with van der Waals surface area (Å²) in [6.45, 7) is 7.21. The van der Waals surface area contributed by atoms with Crippen LogP contribution in [0.25, 0.3) is 17.2 Å². The number of rotatable bonds is 10. The number of ketones is 1. The van der Waals surface area contributed by atoms with Gasteiger partial charge in [-0.1, -0.05) is 38.1 Å². The lowest BCUT2D eigenvalue weighted by Crippen LogP contribution is -2.19. The van der Waals surface area contributed by atoms with Crippen molar-refractivity contribution in [3.8, 4) is 11.1 Å². The van der Waals surface area contributed by atoms with Crippen molar-refractivity contribution in [2.45, 2.75) is 64.6 Å². The van der Waals surface area contributed by atoms with Crippen LogP contribution in [0.2, 0.25) is 0 Å². The zero-order valence-corrected chi connectivity index (χ0v) is 18.7. The van der Waals surface area contributed by atoms with Crippen LogP contribution in [0, 0.1) is 5.82 Å². The molecule has 32 heavy (non-hydrogen) atoms. The van der Waals surface area contributed by atoms with Gasteiger partial charge in [-0.15, -0.1) is 0 Å². The summed E-state index contributed by atoms with van der Waals surface area (Å²) in [4.78, 5) is 27.4. The monoisotopic (exact) mass is 443 g/mol.